The number of nitrogen functional groups attached to an aromatic ring is 1. The van der Waals surface area contributed by atoms with Crippen molar-refractivity contribution in [2.24, 2.45) is 0 Å². The fourth-order valence-electron chi connectivity index (χ4n) is 0.766. The fraction of sp³-hybridized carbons (Fsp3) is 0.571. The van der Waals surface area contributed by atoms with Crippen molar-refractivity contribution in [3.8, 4) is 0 Å². The molecule has 0 aliphatic rings. The lowest BCUT2D eigenvalue weighted by molar-refractivity contribution is -0.146. The summed E-state index contributed by atoms with van der Waals surface area (Å²) in [6.45, 7) is 3.60. The van der Waals surface area contributed by atoms with E-state index in [-0.39, 0.29) is 18.5 Å². The maximum atomic E-state index is 11.1. The Kier molecular flexibility index (Phi) is 3.18. The first kappa shape index (κ1) is 9.91. The van der Waals surface area contributed by atoms with Crippen molar-refractivity contribution < 1.29 is 9.53 Å². The summed E-state index contributed by atoms with van der Waals surface area (Å²) >= 11 is 1.20. The molecule has 6 heteroatoms. The van der Waals surface area contributed by atoms with Crippen molar-refractivity contribution in [3.05, 3.63) is 5.01 Å². The Morgan fingerprint density at radius 3 is 2.77 bits per heavy atom. The van der Waals surface area contributed by atoms with Crippen molar-refractivity contribution in [1.82, 2.24) is 10.2 Å². The third kappa shape index (κ3) is 3.37. The highest BCUT2D eigenvalue weighted by Crippen LogP contribution is 2.11. The van der Waals surface area contributed by atoms with Crippen LogP contribution in [0.2, 0.25) is 0 Å². The van der Waals surface area contributed by atoms with Gasteiger partial charge in [0.1, 0.15) is 5.01 Å². The first-order valence-corrected chi connectivity index (χ1v) is 4.67. The minimum absolute atomic E-state index is 0.0993. The summed E-state index contributed by atoms with van der Waals surface area (Å²) in [5.41, 5.74) is 5.35. The summed E-state index contributed by atoms with van der Waals surface area (Å²) in [4.78, 5) is 11.1. The van der Waals surface area contributed by atoms with Gasteiger partial charge in [0, 0.05) is 0 Å². The SMILES string of the molecule is CC(C)OC(=O)Cc1nnc(N)s1. The van der Waals surface area contributed by atoms with Crippen molar-refractivity contribution >= 4 is 22.4 Å². The van der Waals surface area contributed by atoms with Crippen molar-refractivity contribution in [2.75, 3.05) is 5.73 Å². The van der Waals surface area contributed by atoms with Gasteiger partial charge in [0.15, 0.2) is 0 Å². The Morgan fingerprint density at radius 1 is 1.62 bits per heavy atom. The molecule has 0 aliphatic carbocycles. The summed E-state index contributed by atoms with van der Waals surface area (Å²) in [6.07, 6.45) is 0.0466. The molecule has 0 aliphatic heterocycles. The van der Waals surface area contributed by atoms with E-state index in [9.17, 15) is 4.79 Å². The highest BCUT2D eigenvalue weighted by atomic mass is 32.1. The third-order valence-corrected chi connectivity index (χ3v) is 1.90. The molecule has 1 aromatic rings. The lowest BCUT2D eigenvalue weighted by Gasteiger charge is -2.05. The first-order valence-electron chi connectivity index (χ1n) is 3.85. The molecule has 0 aromatic carbocycles. The zero-order chi connectivity index (χ0) is 9.84. The van der Waals surface area contributed by atoms with Gasteiger partial charge in [-0.25, -0.2) is 0 Å². The largest absolute Gasteiger partial charge is 0.463 e. The molecule has 1 aromatic heterocycles. The number of ether oxygens (including phenoxy) is 1. The highest BCUT2D eigenvalue weighted by Gasteiger charge is 2.10. The quantitative estimate of drug-likeness (QED) is 0.725. The van der Waals surface area contributed by atoms with Crippen LogP contribution >= 0.6 is 11.3 Å². The van der Waals surface area contributed by atoms with Gasteiger partial charge >= 0.3 is 5.97 Å². The second-order valence-corrected chi connectivity index (χ2v) is 3.84. The molecule has 5 nitrogen and oxygen atoms in total. The molecule has 1 rings (SSSR count). The monoisotopic (exact) mass is 201 g/mol. The zero-order valence-electron chi connectivity index (χ0n) is 7.48. The second-order valence-electron chi connectivity index (χ2n) is 2.75. The molecular formula is C7H11N3O2S. The van der Waals surface area contributed by atoms with E-state index in [4.69, 9.17) is 10.5 Å². The number of aromatic nitrogens is 2. The molecule has 0 radical (unpaired) electrons. The minimum atomic E-state index is -0.300. The number of esters is 1. The topological polar surface area (TPSA) is 78.1 Å². The van der Waals surface area contributed by atoms with Crippen LogP contribution in [-0.4, -0.2) is 22.3 Å². The van der Waals surface area contributed by atoms with Gasteiger partial charge < -0.3 is 10.5 Å². The van der Waals surface area contributed by atoms with Crippen molar-refractivity contribution in [2.45, 2.75) is 26.4 Å². The van der Waals surface area contributed by atoms with Gasteiger partial charge in [0.2, 0.25) is 5.13 Å². The molecule has 0 atom stereocenters. The van der Waals surface area contributed by atoms with Crippen LogP contribution in [0, 0.1) is 0 Å². The summed E-state index contributed by atoms with van der Waals surface area (Å²) in [7, 11) is 0. The number of carbonyl (C=O) groups excluding carboxylic acids is 1. The zero-order valence-corrected chi connectivity index (χ0v) is 8.30. The lowest BCUT2D eigenvalue weighted by Crippen LogP contribution is -2.13. The van der Waals surface area contributed by atoms with Crippen LogP contribution < -0.4 is 5.73 Å². The minimum Gasteiger partial charge on any atom is -0.463 e. The van der Waals surface area contributed by atoms with E-state index < -0.39 is 0 Å². The van der Waals surface area contributed by atoms with Gasteiger partial charge in [-0.1, -0.05) is 11.3 Å². The molecule has 0 saturated heterocycles. The Balaban J connectivity index is 2.45. The van der Waals surface area contributed by atoms with Crippen LogP contribution in [0.4, 0.5) is 5.13 Å². The van der Waals surface area contributed by atoms with E-state index in [0.29, 0.717) is 10.1 Å². The van der Waals surface area contributed by atoms with Crippen LogP contribution in [-0.2, 0) is 16.0 Å². The van der Waals surface area contributed by atoms with E-state index in [1.54, 1.807) is 13.8 Å². The summed E-state index contributed by atoms with van der Waals surface area (Å²) in [5, 5.41) is 8.25. The number of carbonyl (C=O) groups is 1. The highest BCUT2D eigenvalue weighted by molar-refractivity contribution is 7.15. The van der Waals surface area contributed by atoms with Crippen molar-refractivity contribution in [1.29, 1.82) is 0 Å². The lowest BCUT2D eigenvalue weighted by atomic mass is 10.4. The van der Waals surface area contributed by atoms with Crippen LogP contribution in [0.5, 0.6) is 0 Å². The number of anilines is 1. The molecule has 0 fully saturated rings. The number of nitrogens with zero attached hydrogens (tertiary/aromatic N) is 2. The molecule has 0 saturated carbocycles. The van der Waals surface area contributed by atoms with Crippen molar-refractivity contribution in [3.63, 3.8) is 0 Å². The maximum absolute atomic E-state index is 11.1. The molecular weight excluding hydrogens is 190 g/mol. The summed E-state index contributed by atoms with van der Waals surface area (Å²) in [6, 6.07) is 0. The Hall–Kier alpha value is -1.17. The van der Waals surface area contributed by atoms with Gasteiger partial charge in [0.25, 0.3) is 0 Å². The predicted octanol–water partition coefficient (Wildman–Crippen LogP) is 0.614. The first-order chi connectivity index (χ1) is 6.08. The number of rotatable bonds is 3. The van der Waals surface area contributed by atoms with Gasteiger partial charge in [0.05, 0.1) is 12.5 Å². The maximum Gasteiger partial charge on any atom is 0.313 e. The van der Waals surface area contributed by atoms with Crippen LogP contribution in [0.3, 0.4) is 0 Å². The average Bonchev–Trinajstić information content (AvgIpc) is 2.33. The van der Waals surface area contributed by atoms with E-state index in [2.05, 4.69) is 10.2 Å². The van der Waals surface area contributed by atoms with E-state index in [1.807, 2.05) is 0 Å². The third-order valence-electron chi connectivity index (χ3n) is 1.15. The second kappa shape index (κ2) is 4.18. The molecule has 0 bridgehead atoms. The Morgan fingerprint density at radius 2 is 2.31 bits per heavy atom. The van der Waals surface area contributed by atoms with Crippen LogP contribution in [0.1, 0.15) is 18.9 Å². The van der Waals surface area contributed by atoms with Crippen LogP contribution in [0.15, 0.2) is 0 Å². The smallest absolute Gasteiger partial charge is 0.313 e. The van der Waals surface area contributed by atoms with Gasteiger partial charge in [-0.15, -0.1) is 10.2 Å². The van der Waals surface area contributed by atoms with E-state index in [1.165, 1.54) is 11.3 Å². The summed E-state index contributed by atoms with van der Waals surface area (Å²) < 4.78 is 4.92. The summed E-state index contributed by atoms with van der Waals surface area (Å²) in [5.74, 6) is -0.300. The van der Waals surface area contributed by atoms with E-state index >= 15 is 0 Å². The van der Waals surface area contributed by atoms with Gasteiger partial charge in [-0.2, -0.15) is 0 Å². The molecule has 13 heavy (non-hydrogen) atoms. The molecule has 1 heterocycles. The molecule has 0 spiro atoms. The Bertz CT molecular complexity index is 298. The molecule has 72 valence electrons. The standard InChI is InChI=1S/C7H11N3O2S/c1-4(2)12-6(11)3-5-9-10-7(8)13-5/h4H,3H2,1-2H3,(H2,8,10). The normalized spacial score (nSPS) is 10.4. The average molecular weight is 201 g/mol. The number of nitrogens with two attached hydrogens (primary N) is 1. The number of hydrogen-bond acceptors (Lipinski definition) is 6. The van der Waals surface area contributed by atoms with Gasteiger partial charge in [-0.3, -0.25) is 4.79 Å². The van der Waals surface area contributed by atoms with Crippen LogP contribution in [0.25, 0.3) is 0 Å². The molecule has 2 N–H and O–H groups in total. The molecule has 0 amide bonds. The number of hydrogen-bond donors (Lipinski definition) is 1. The fourth-order valence-corrected chi connectivity index (χ4v) is 1.36. The molecule has 0 unspecified atom stereocenters. The van der Waals surface area contributed by atoms with Gasteiger partial charge in [-0.05, 0) is 13.8 Å². The van der Waals surface area contributed by atoms with E-state index in [0.717, 1.165) is 0 Å². The Labute approximate surface area is 79.9 Å². The predicted molar refractivity (Wildman–Crippen MR) is 49.3 cm³/mol.